The molecule has 4 rings (SSSR count). The largest absolute Gasteiger partial charge is 0.410 e. The molecule has 4 aromatic rings. The van der Waals surface area contributed by atoms with Crippen LogP contribution in [0.2, 0.25) is 5.02 Å². The molecule has 0 bridgehead atoms. The van der Waals surface area contributed by atoms with E-state index in [0.29, 0.717) is 16.1 Å². The third kappa shape index (κ3) is 4.08. The number of benzene rings is 2. The van der Waals surface area contributed by atoms with Crippen molar-refractivity contribution in [3.63, 3.8) is 0 Å². The summed E-state index contributed by atoms with van der Waals surface area (Å²) >= 11 is 9.15. The molecule has 0 aliphatic rings. The van der Waals surface area contributed by atoms with Crippen molar-refractivity contribution in [3.8, 4) is 10.8 Å². The van der Waals surface area contributed by atoms with E-state index in [1.165, 1.54) is 11.8 Å². The van der Waals surface area contributed by atoms with Crippen LogP contribution in [0, 0.1) is 13.8 Å². The Balaban J connectivity index is 1.66. The Kier molecular flexibility index (Phi) is 5.29. The zero-order valence-corrected chi connectivity index (χ0v) is 17.1. The lowest BCUT2D eigenvalue weighted by Gasteiger charge is -2.15. The van der Waals surface area contributed by atoms with Crippen LogP contribution in [-0.4, -0.2) is 15.2 Å². The molecule has 4 nitrogen and oxygen atoms in total. The van der Waals surface area contributed by atoms with E-state index in [-0.39, 0.29) is 5.25 Å². The quantitative estimate of drug-likeness (QED) is 0.357. The van der Waals surface area contributed by atoms with Crippen molar-refractivity contribution in [1.82, 2.24) is 15.2 Å². The van der Waals surface area contributed by atoms with Crippen LogP contribution in [-0.2, 0) is 0 Å². The van der Waals surface area contributed by atoms with Crippen LogP contribution in [0.15, 0.2) is 64.2 Å². The third-order valence-electron chi connectivity index (χ3n) is 4.00. The van der Waals surface area contributed by atoms with Gasteiger partial charge in [0.05, 0.1) is 16.0 Å². The van der Waals surface area contributed by atoms with Crippen molar-refractivity contribution >= 4 is 34.7 Å². The van der Waals surface area contributed by atoms with Crippen molar-refractivity contribution in [2.24, 2.45) is 0 Å². The van der Waals surface area contributed by atoms with Crippen LogP contribution >= 0.6 is 34.7 Å². The zero-order valence-electron chi connectivity index (χ0n) is 14.7. The van der Waals surface area contributed by atoms with Gasteiger partial charge in [0.2, 0.25) is 0 Å². The van der Waals surface area contributed by atoms with Crippen molar-refractivity contribution in [3.05, 3.63) is 81.4 Å². The van der Waals surface area contributed by atoms with E-state index < -0.39 is 0 Å². The topological polar surface area (TPSA) is 51.8 Å². The molecule has 1 unspecified atom stereocenters. The molecular formula is C20H16ClN3OS2. The van der Waals surface area contributed by atoms with Crippen LogP contribution in [0.1, 0.15) is 27.1 Å². The average Bonchev–Trinajstić information content (AvgIpc) is 3.27. The molecule has 2 aromatic heterocycles. The smallest absolute Gasteiger partial charge is 0.277 e. The normalized spacial score (nSPS) is 12.3. The lowest BCUT2D eigenvalue weighted by Crippen LogP contribution is -1.96. The van der Waals surface area contributed by atoms with Gasteiger partial charge in [0.25, 0.3) is 11.1 Å². The number of nitrogens with zero attached hydrogens (tertiary/aromatic N) is 3. The average molecular weight is 414 g/mol. The van der Waals surface area contributed by atoms with E-state index in [1.807, 2.05) is 56.3 Å². The minimum absolute atomic E-state index is 0.0288. The first-order chi connectivity index (χ1) is 13.1. The molecule has 0 saturated carbocycles. The lowest BCUT2D eigenvalue weighted by atomic mass is 10.0. The molecule has 0 fully saturated rings. The second-order valence-electron chi connectivity index (χ2n) is 5.98. The summed E-state index contributed by atoms with van der Waals surface area (Å²) in [6, 6.07) is 18.1. The molecule has 1 atom stereocenters. The van der Waals surface area contributed by atoms with Gasteiger partial charge in [-0.05, 0) is 37.1 Å². The first kappa shape index (κ1) is 18.2. The Hall–Kier alpha value is -2.15. The molecule has 7 heteroatoms. The Labute approximate surface area is 170 Å². The third-order valence-corrected chi connectivity index (χ3v) is 6.46. The van der Waals surface area contributed by atoms with Gasteiger partial charge in [0, 0.05) is 5.02 Å². The molecule has 0 saturated heterocycles. The zero-order chi connectivity index (χ0) is 18.8. The molecule has 0 spiro atoms. The van der Waals surface area contributed by atoms with E-state index >= 15 is 0 Å². The molecule has 27 heavy (non-hydrogen) atoms. The van der Waals surface area contributed by atoms with Crippen LogP contribution in [0.5, 0.6) is 0 Å². The van der Waals surface area contributed by atoms with Crippen LogP contribution in [0.25, 0.3) is 10.8 Å². The highest BCUT2D eigenvalue weighted by Gasteiger charge is 2.21. The van der Waals surface area contributed by atoms with Gasteiger partial charge >= 0.3 is 0 Å². The first-order valence-corrected chi connectivity index (χ1v) is 10.4. The fraction of sp³-hybridized carbons (Fsp3) is 0.150. The number of hydrogen-bond acceptors (Lipinski definition) is 6. The number of halogens is 1. The van der Waals surface area contributed by atoms with E-state index in [9.17, 15) is 0 Å². The number of aromatic nitrogens is 3. The van der Waals surface area contributed by atoms with Gasteiger partial charge in [0.1, 0.15) is 4.88 Å². The maximum absolute atomic E-state index is 6.06. The number of aryl methyl sites for hydroxylation is 2. The Bertz CT molecular complexity index is 1040. The number of thioether (sulfide) groups is 1. The highest BCUT2D eigenvalue weighted by molar-refractivity contribution is 7.99. The summed E-state index contributed by atoms with van der Waals surface area (Å²) in [4.78, 5) is 5.36. The summed E-state index contributed by atoms with van der Waals surface area (Å²) in [5.74, 6) is 0.517. The molecule has 0 amide bonds. The fourth-order valence-corrected chi connectivity index (χ4v) is 4.74. The molecule has 0 N–H and O–H groups in total. The molecule has 0 aliphatic heterocycles. The predicted molar refractivity (Wildman–Crippen MR) is 110 cm³/mol. The summed E-state index contributed by atoms with van der Waals surface area (Å²) in [7, 11) is 0. The van der Waals surface area contributed by atoms with E-state index in [4.69, 9.17) is 16.0 Å². The SMILES string of the molecule is Cc1nc(C)c(-c2nnc(SC(c3ccccc3)c3ccc(Cl)cc3)o2)s1. The monoisotopic (exact) mass is 413 g/mol. The molecule has 0 aliphatic carbocycles. The maximum atomic E-state index is 6.06. The van der Waals surface area contributed by atoms with Crippen molar-refractivity contribution in [1.29, 1.82) is 0 Å². The van der Waals surface area contributed by atoms with Crippen LogP contribution in [0.3, 0.4) is 0 Å². The number of rotatable bonds is 5. The second-order valence-corrected chi connectivity index (χ2v) is 8.68. The van der Waals surface area contributed by atoms with Gasteiger partial charge in [-0.2, -0.15) is 0 Å². The summed E-state index contributed by atoms with van der Waals surface area (Å²) < 4.78 is 5.95. The number of hydrogen-bond donors (Lipinski definition) is 0. The van der Waals surface area contributed by atoms with Gasteiger partial charge in [-0.25, -0.2) is 4.98 Å². The van der Waals surface area contributed by atoms with Gasteiger partial charge in [0.15, 0.2) is 0 Å². The second kappa shape index (κ2) is 7.84. The summed E-state index contributed by atoms with van der Waals surface area (Å²) in [5.41, 5.74) is 3.20. The van der Waals surface area contributed by atoms with Crippen molar-refractivity contribution < 1.29 is 4.42 Å². The van der Waals surface area contributed by atoms with Crippen LogP contribution < -0.4 is 0 Å². The van der Waals surface area contributed by atoms with Gasteiger partial charge < -0.3 is 4.42 Å². The Morgan fingerprint density at radius 2 is 1.67 bits per heavy atom. The first-order valence-electron chi connectivity index (χ1n) is 8.35. The standard InChI is InChI=1S/C20H16ClN3OS2/c1-12-17(26-13(2)22-12)19-23-24-20(25-19)27-18(14-6-4-3-5-7-14)15-8-10-16(21)11-9-15/h3-11,18H,1-2H3. The lowest BCUT2D eigenvalue weighted by molar-refractivity contribution is 0.466. The van der Waals surface area contributed by atoms with E-state index in [2.05, 4.69) is 27.3 Å². The molecular weight excluding hydrogens is 398 g/mol. The maximum Gasteiger partial charge on any atom is 0.277 e. The predicted octanol–water partition coefficient (Wildman–Crippen LogP) is 6.35. The fourth-order valence-electron chi connectivity index (χ4n) is 2.77. The van der Waals surface area contributed by atoms with Gasteiger partial charge in [-0.1, -0.05) is 65.8 Å². The Morgan fingerprint density at radius 3 is 2.33 bits per heavy atom. The summed E-state index contributed by atoms with van der Waals surface area (Å²) in [6.07, 6.45) is 0. The number of thiazole rings is 1. The van der Waals surface area contributed by atoms with Crippen molar-refractivity contribution in [2.75, 3.05) is 0 Å². The van der Waals surface area contributed by atoms with E-state index in [1.54, 1.807) is 11.3 Å². The molecule has 2 aromatic carbocycles. The Morgan fingerprint density at radius 1 is 0.963 bits per heavy atom. The minimum atomic E-state index is 0.0288. The summed E-state index contributed by atoms with van der Waals surface area (Å²) in [5, 5.41) is 10.7. The van der Waals surface area contributed by atoms with Gasteiger partial charge in [-0.15, -0.1) is 21.5 Å². The summed E-state index contributed by atoms with van der Waals surface area (Å²) in [6.45, 7) is 3.93. The minimum Gasteiger partial charge on any atom is -0.410 e. The van der Waals surface area contributed by atoms with Crippen molar-refractivity contribution in [2.45, 2.75) is 24.3 Å². The highest BCUT2D eigenvalue weighted by atomic mass is 35.5. The molecule has 0 radical (unpaired) electrons. The molecule has 136 valence electrons. The van der Waals surface area contributed by atoms with Gasteiger partial charge in [-0.3, -0.25) is 0 Å². The molecule has 2 heterocycles. The van der Waals surface area contributed by atoms with E-state index in [0.717, 1.165) is 26.7 Å². The van der Waals surface area contributed by atoms with Crippen LogP contribution in [0.4, 0.5) is 0 Å². The highest BCUT2D eigenvalue weighted by Crippen LogP contribution is 2.41.